The van der Waals surface area contributed by atoms with Crippen LogP contribution in [0.1, 0.15) is 18.2 Å². The summed E-state index contributed by atoms with van der Waals surface area (Å²) in [7, 11) is 1.68. The van der Waals surface area contributed by atoms with Crippen LogP contribution < -0.4 is 10.5 Å². The minimum Gasteiger partial charge on any atom is -0.494 e. The molecule has 0 aliphatic rings. The molecule has 1 aromatic carbocycles. The van der Waals surface area contributed by atoms with Crippen molar-refractivity contribution in [3.8, 4) is 11.4 Å². The Balaban J connectivity index is 2.50. The van der Waals surface area contributed by atoms with Gasteiger partial charge in [-0.2, -0.15) is 5.10 Å². The fourth-order valence-electron chi connectivity index (χ4n) is 2.16. The van der Waals surface area contributed by atoms with Crippen molar-refractivity contribution in [2.24, 2.45) is 5.73 Å². The molecule has 1 heterocycles. The number of ether oxygens (including phenoxy) is 1. The van der Waals surface area contributed by atoms with Gasteiger partial charge >= 0.3 is 0 Å². The van der Waals surface area contributed by atoms with Crippen LogP contribution in [-0.4, -0.2) is 23.4 Å². The molecule has 0 bridgehead atoms. The number of nitrogens with zero attached hydrogens (tertiary/aromatic N) is 2. The standard InChI is InChI=1S/C14H19N3O/c1-3-12-11(8-9-15)10-16-17(12)13-6-4-5-7-14(13)18-2/h4-7,10H,3,8-9,15H2,1-2H3. The minimum absolute atomic E-state index is 0.643. The van der Waals surface area contributed by atoms with Gasteiger partial charge in [0, 0.05) is 5.69 Å². The highest BCUT2D eigenvalue weighted by Gasteiger charge is 2.12. The largest absolute Gasteiger partial charge is 0.494 e. The summed E-state index contributed by atoms with van der Waals surface area (Å²) in [5, 5.41) is 4.47. The summed E-state index contributed by atoms with van der Waals surface area (Å²) >= 11 is 0. The highest BCUT2D eigenvalue weighted by molar-refractivity contribution is 5.47. The van der Waals surface area contributed by atoms with E-state index in [1.807, 2.05) is 35.1 Å². The van der Waals surface area contributed by atoms with E-state index >= 15 is 0 Å². The van der Waals surface area contributed by atoms with Gasteiger partial charge in [0.15, 0.2) is 0 Å². The average molecular weight is 245 g/mol. The van der Waals surface area contributed by atoms with Crippen LogP contribution in [0.5, 0.6) is 5.75 Å². The van der Waals surface area contributed by atoms with E-state index < -0.39 is 0 Å². The summed E-state index contributed by atoms with van der Waals surface area (Å²) in [6.07, 6.45) is 3.68. The highest BCUT2D eigenvalue weighted by atomic mass is 16.5. The summed E-state index contributed by atoms with van der Waals surface area (Å²) in [5.74, 6) is 0.828. The maximum Gasteiger partial charge on any atom is 0.144 e. The van der Waals surface area contributed by atoms with Gasteiger partial charge in [-0.15, -0.1) is 0 Å². The van der Waals surface area contributed by atoms with Crippen molar-refractivity contribution in [1.82, 2.24) is 9.78 Å². The number of hydrogen-bond acceptors (Lipinski definition) is 3. The van der Waals surface area contributed by atoms with Gasteiger partial charge in [0.05, 0.1) is 13.3 Å². The lowest BCUT2D eigenvalue weighted by atomic mass is 10.1. The van der Waals surface area contributed by atoms with E-state index in [1.54, 1.807) is 7.11 Å². The van der Waals surface area contributed by atoms with Gasteiger partial charge in [-0.25, -0.2) is 4.68 Å². The number of nitrogens with two attached hydrogens (primary N) is 1. The predicted molar refractivity (Wildman–Crippen MR) is 72.3 cm³/mol. The molecule has 0 spiro atoms. The lowest BCUT2D eigenvalue weighted by molar-refractivity contribution is 0.411. The van der Waals surface area contributed by atoms with Crippen LogP contribution in [0.25, 0.3) is 5.69 Å². The van der Waals surface area contributed by atoms with Crippen LogP contribution in [0.2, 0.25) is 0 Å². The third-order valence-electron chi connectivity index (χ3n) is 3.02. The van der Waals surface area contributed by atoms with Crippen molar-refractivity contribution in [2.45, 2.75) is 19.8 Å². The lowest BCUT2D eigenvalue weighted by Gasteiger charge is -2.11. The van der Waals surface area contributed by atoms with Crippen LogP contribution in [-0.2, 0) is 12.8 Å². The van der Waals surface area contributed by atoms with Gasteiger partial charge in [0.2, 0.25) is 0 Å². The van der Waals surface area contributed by atoms with Gasteiger partial charge in [0.25, 0.3) is 0 Å². The Labute approximate surface area is 107 Å². The van der Waals surface area contributed by atoms with Crippen molar-refractivity contribution >= 4 is 0 Å². The fourth-order valence-corrected chi connectivity index (χ4v) is 2.16. The Bertz CT molecular complexity index is 520. The smallest absolute Gasteiger partial charge is 0.144 e. The Hall–Kier alpha value is -1.81. The molecule has 1 aromatic heterocycles. The molecule has 0 saturated heterocycles. The van der Waals surface area contributed by atoms with Crippen LogP contribution in [0.3, 0.4) is 0 Å². The van der Waals surface area contributed by atoms with E-state index in [4.69, 9.17) is 10.5 Å². The zero-order chi connectivity index (χ0) is 13.0. The molecule has 0 fully saturated rings. The Kier molecular flexibility index (Phi) is 3.99. The van der Waals surface area contributed by atoms with E-state index in [9.17, 15) is 0 Å². The Morgan fingerprint density at radius 1 is 1.33 bits per heavy atom. The van der Waals surface area contributed by atoms with E-state index in [1.165, 1.54) is 11.3 Å². The van der Waals surface area contributed by atoms with Crippen molar-refractivity contribution in [3.63, 3.8) is 0 Å². The second-order valence-electron chi connectivity index (χ2n) is 4.09. The van der Waals surface area contributed by atoms with Crippen molar-refractivity contribution in [1.29, 1.82) is 0 Å². The number of aromatic nitrogens is 2. The third-order valence-corrected chi connectivity index (χ3v) is 3.02. The summed E-state index contributed by atoms with van der Waals surface area (Å²) in [6.45, 7) is 2.77. The van der Waals surface area contributed by atoms with Crippen molar-refractivity contribution in [3.05, 3.63) is 41.7 Å². The number of hydrogen-bond donors (Lipinski definition) is 1. The summed E-state index contributed by atoms with van der Waals surface area (Å²) in [6, 6.07) is 7.90. The highest BCUT2D eigenvalue weighted by Crippen LogP contribution is 2.24. The molecular formula is C14H19N3O. The summed E-state index contributed by atoms with van der Waals surface area (Å²) in [5.41, 5.74) is 9.01. The molecular weight excluding hydrogens is 226 g/mol. The van der Waals surface area contributed by atoms with Gasteiger partial charge in [0.1, 0.15) is 11.4 Å². The topological polar surface area (TPSA) is 53.1 Å². The predicted octanol–water partition coefficient (Wildman–Crippen LogP) is 1.94. The lowest BCUT2D eigenvalue weighted by Crippen LogP contribution is -2.07. The van der Waals surface area contributed by atoms with Gasteiger partial charge in [-0.3, -0.25) is 0 Å². The maximum absolute atomic E-state index is 5.63. The molecule has 96 valence electrons. The number of para-hydroxylation sites is 2. The second kappa shape index (κ2) is 5.69. The van der Waals surface area contributed by atoms with Crippen LogP contribution in [0.4, 0.5) is 0 Å². The molecule has 2 rings (SSSR count). The maximum atomic E-state index is 5.63. The fraction of sp³-hybridized carbons (Fsp3) is 0.357. The molecule has 18 heavy (non-hydrogen) atoms. The van der Waals surface area contributed by atoms with Crippen molar-refractivity contribution in [2.75, 3.05) is 13.7 Å². The first-order valence-corrected chi connectivity index (χ1v) is 6.21. The molecule has 0 aliphatic carbocycles. The number of benzene rings is 1. The van der Waals surface area contributed by atoms with E-state index in [2.05, 4.69) is 12.0 Å². The van der Waals surface area contributed by atoms with Gasteiger partial charge in [-0.1, -0.05) is 19.1 Å². The quantitative estimate of drug-likeness (QED) is 0.876. The first kappa shape index (κ1) is 12.6. The van der Waals surface area contributed by atoms with Gasteiger partial charge in [-0.05, 0) is 37.1 Å². The van der Waals surface area contributed by atoms with Gasteiger partial charge < -0.3 is 10.5 Å². The zero-order valence-corrected chi connectivity index (χ0v) is 10.9. The Morgan fingerprint density at radius 2 is 2.11 bits per heavy atom. The minimum atomic E-state index is 0.643. The number of rotatable bonds is 5. The third kappa shape index (κ3) is 2.24. The molecule has 0 saturated carbocycles. The molecule has 0 atom stereocenters. The SMILES string of the molecule is CCc1c(CCN)cnn1-c1ccccc1OC. The van der Waals surface area contributed by atoms with Crippen LogP contribution in [0, 0.1) is 0 Å². The Morgan fingerprint density at radius 3 is 2.78 bits per heavy atom. The molecule has 0 amide bonds. The molecule has 4 nitrogen and oxygen atoms in total. The first-order chi connectivity index (χ1) is 8.81. The summed E-state index contributed by atoms with van der Waals surface area (Å²) < 4.78 is 7.33. The molecule has 2 N–H and O–H groups in total. The molecule has 0 unspecified atom stereocenters. The average Bonchev–Trinajstić information content (AvgIpc) is 2.81. The molecule has 4 heteroatoms. The van der Waals surface area contributed by atoms with Crippen LogP contribution in [0.15, 0.2) is 30.5 Å². The van der Waals surface area contributed by atoms with E-state index in [-0.39, 0.29) is 0 Å². The molecule has 0 radical (unpaired) electrons. The van der Waals surface area contributed by atoms with E-state index in [0.717, 1.165) is 24.3 Å². The first-order valence-electron chi connectivity index (χ1n) is 6.21. The molecule has 2 aromatic rings. The monoisotopic (exact) mass is 245 g/mol. The van der Waals surface area contributed by atoms with Crippen molar-refractivity contribution < 1.29 is 4.74 Å². The molecule has 0 aliphatic heterocycles. The van der Waals surface area contributed by atoms with E-state index in [0.29, 0.717) is 6.54 Å². The zero-order valence-electron chi connectivity index (χ0n) is 10.9. The van der Waals surface area contributed by atoms with Crippen LogP contribution >= 0.6 is 0 Å². The number of methoxy groups -OCH3 is 1. The second-order valence-corrected chi connectivity index (χ2v) is 4.09. The normalized spacial score (nSPS) is 10.6. The summed E-state index contributed by atoms with van der Waals surface area (Å²) in [4.78, 5) is 0.